The fourth-order valence-electron chi connectivity index (χ4n) is 2.37. The van der Waals surface area contributed by atoms with Gasteiger partial charge in [-0.2, -0.15) is 0 Å². The van der Waals surface area contributed by atoms with Crippen LogP contribution >= 0.6 is 15.9 Å². The molecule has 1 unspecified atom stereocenters. The molecule has 0 aromatic heterocycles. The van der Waals surface area contributed by atoms with Crippen molar-refractivity contribution in [2.75, 3.05) is 19.6 Å². The van der Waals surface area contributed by atoms with Gasteiger partial charge in [-0.05, 0) is 43.6 Å². The van der Waals surface area contributed by atoms with Crippen molar-refractivity contribution in [3.05, 3.63) is 34.3 Å². The van der Waals surface area contributed by atoms with Crippen molar-refractivity contribution in [1.82, 2.24) is 10.2 Å². The second kappa shape index (κ2) is 6.53. The van der Waals surface area contributed by atoms with Gasteiger partial charge in [0, 0.05) is 23.6 Å². The van der Waals surface area contributed by atoms with Crippen LogP contribution in [0.2, 0.25) is 0 Å². The minimum Gasteiger partial charge on any atom is -0.309 e. The zero-order chi connectivity index (χ0) is 12.1. The van der Waals surface area contributed by atoms with Gasteiger partial charge < -0.3 is 10.2 Å². The maximum absolute atomic E-state index is 3.66. The molecule has 17 heavy (non-hydrogen) atoms. The topological polar surface area (TPSA) is 15.3 Å². The SMILES string of the molecule is CCN1CCCC(NCc2ccc(Br)cc2)C1. The molecule has 0 aliphatic carbocycles. The second-order valence-electron chi connectivity index (χ2n) is 4.74. The summed E-state index contributed by atoms with van der Waals surface area (Å²) in [5.74, 6) is 0. The summed E-state index contributed by atoms with van der Waals surface area (Å²) in [7, 11) is 0. The first kappa shape index (κ1) is 13.1. The molecule has 1 fully saturated rings. The average Bonchev–Trinajstić information content (AvgIpc) is 2.38. The predicted octanol–water partition coefficient (Wildman–Crippen LogP) is 3.02. The summed E-state index contributed by atoms with van der Waals surface area (Å²) in [5.41, 5.74) is 1.36. The Bertz CT molecular complexity index is 337. The fourth-order valence-corrected chi connectivity index (χ4v) is 2.64. The molecule has 0 saturated carbocycles. The van der Waals surface area contributed by atoms with Crippen LogP contribution < -0.4 is 5.32 Å². The van der Waals surface area contributed by atoms with Crippen molar-refractivity contribution < 1.29 is 0 Å². The van der Waals surface area contributed by atoms with E-state index in [1.54, 1.807) is 0 Å². The Labute approximate surface area is 113 Å². The number of likely N-dealkylation sites (tertiary alicyclic amines) is 1. The molecule has 1 aromatic rings. The molecule has 1 aliphatic rings. The van der Waals surface area contributed by atoms with Gasteiger partial charge in [-0.25, -0.2) is 0 Å². The zero-order valence-corrected chi connectivity index (χ0v) is 12.0. The van der Waals surface area contributed by atoms with Gasteiger partial charge in [-0.3, -0.25) is 0 Å². The van der Waals surface area contributed by atoms with Crippen molar-refractivity contribution in [2.24, 2.45) is 0 Å². The molecule has 1 atom stereocenters. The third-order valence-corrected chi connectivity index (χ3v) is 3.99. The van der Waals surface area contributed by atoms with Crippen molar-refractivity contribution in [3.63, 3.8) is 0 Å². The quantitative estimate of drug-likeness (QED) is 0.919. The van der Waals surface area contributed by atoms with E-state index in [-0.39, 0.29) is 0 Å². The molecule has 2 nitrogen and oxygen atoms in total. The van der Waals surface area contributed by atoms with Crippen LogP contribution in [0, 0.1) is 0 Å². The lowest BCUT2D eigenvalue weighted by molar-refractivity contribution is 0.198. The molecule has 0 amide bonds. The third kappa shape index (κ3) is 4.09. The summed E-state index contributed by atoms with van der Waals surface area (Å²) in [6.07, 6.45) is 2.64. The van der Waals surface area contributed by atoms with Gasteiger partial charge in [0.1, 0.15) is 0 Å². The number of likely N-dealkylation sites (N-methyl/N-ethyl adjacent to an activating group) is 1. The number of benzene rings is 1. The average molecular weight is 297 g/mol. The largest absolute Gasteiger partial charge is 0.309 e. The molecule has 0 bridgehead atoms. The first-order valence-electron chi connectivity index (χ1n) is 6.48. The number of hydrogen-bond donors (Lipinski definition) is 1. The van der Waals surface area contributed by atoms with E-state index in [1.807, 2.05) is 0 Å². The molecule has 0 spiro atoms. The molecule has 1 aromatic carbocycles. The van der Waals surface area contributed by atoms with E-state index in [2.05, 4.69) is 57.3 Å². The number of halogens is 1. The van der Waals surface area contributed by atoms with E-state index in [0.29, 0.717) is 6.04 Å². The van der Waals surface area contributed by atoms with Gasteiger partial charge in [0.15, 0.2) is 0 Å². The first-order chi connectivity index (χ1) is 8.28. The van der Waals surface area contributed by atoms with Crippen LogP contribution in [0.25, 0.3) is 0 Å². The van der Waals surface area contributed by atoms with Crippen LogP contribution in [-0.2, 0) is 6.54 Å². The van der Waals surface area contributed by atoms with Crippen molar-refractivity contribution in [1.29, 1.82) is 0 Å². The Morgan fingerprint density at radius 2 is 2.12 bits per heavy atom. The van der Waals surface area contributed by atoms with Gasteiger partial charge >= 0.3 is 0 Å². The monoisotopic (exact) mass is 296 g/mol. The highest BCUT2D eigenvalue weighted by Gasteiger charge is 2.17. The van der Waals surface area contributed by atoms with E-state index in [0.717, 1.165) is 11.0 Å². The van der Waals surface area contributed by atoms with Gasteiger partial charge in [0.05, 0.1) is 0 Å². The number of hydrogen-bond acceptors (Lipinski definition) is 2. The smallest absolute Gasteiger partial charge is 0.0208 e. The summed E-state index contributed by atoms with van der Waals surface area (Å²) in [6, 6.07) is 9.23. The molecule has 1 heterocycles. The molecule has 3 heteroatoms. The summed E-state index contributed by atoms with van der Waals surface area (Å²) < 4.78 is 1.15. The van der Waals surface area contributed by atoms with Gasteiger partial charge in [-0.15, -0.1) is 0 Å². The highest BCUT2D eigenvalue weighted by atomic mass is 79.9. The van der Waals surface area contributed by atoms with Crippen molar-refractivity contribution >= 4 is 15.9 Å². The molecule has 94 valence electrons. The molecular weight excluding hydrogens is 276 g/mol. The zero-order valence-electron chi connectivity index (χ0n) is 10.5. The lowest BCUT2D eigenvalue weighted by Gasteiger charge is -2.32. The molecule has 2 rings (SSSR count). The van der Waals surface area contributed by atoms with Crippen LogP contribution in [0.5, 0.6) is 0 Å². The number of piperidine rings is 1. The highest BCUT2D eigenvalue weighted by molar-refractivity contribution is 9.10. The minimum atomic E-state index is 0.660. The van der Waals surface area contributed by atoms with Gasteiger partial charge in [-0.1, -0.05) is 35.0 Å². The second-order valence-corrected chi connectivity index (χ2v) is 5.66. The molecule has 1 aliphatic heterocycles. The molecule has 1 N–H and O–H groups in total. The van der Waals surface area contributed by atoms with Crippen LogP contribution in [0.4, 0.5) is 0 Å². The first-order valence-corrected chi connectivity index (χ1v) is 7.27. The Hall–Kier alpha value is -0.380. The van der Waals surface area contributed by atoms with Crippen molar-refractivity contribution in [3.8, 4) is 0 Å². The Kier molecular flexibility index (Phi) is 5.01. The van der Waals surface area contributed by atoms with Crippen LogP contribution in [0.15, 0.2) is 28.7 Å². The van der Waals surface area contributed by atoms with E-state index >= 15 is 0 Å². The Balaban J connectivity index is 1.79. The summed E-state index contributed by atoms with van der Waals surface area (Å²) in [4.78, 5) is 2.53. The van der Waals surface area contributed by atoms with E-state index in [4.69, 9.17) is 0 Å². The molecular formula is C14H21BrN2. The Morgan fingerprint density at radius 1 is 1.35 bits per heavy atom. The number of nitrogens with zero attached hydrogens (tertiary/aromatic N) is 1. The van der Waals surface area contributed by atoms with E-state index in [9.17, 15) is 0 Å². The minimum absolute atomic E-state index is 0.660. The summed E-state index contributed by atoms with van der Waals surface area (Å²) in [5, 5.41) is 3.66. The summed E-state index contributed by atoms with van der Waals surface area (Å²) >= 11 is 3.46. The number of nitrogens with one attached hydrogen (secondary N) is 1. The lowest BCUT2D eigenvalue weighted by atomic mass is 10.1. The van der Waals surface area contributed by atoms with Crippen LogP contribution in [0.3, 0.4) is 0 Å². The van der Waals surface area contributed by atoms with Gasteiger partial charge in [0.2, 0.25) is 0 Å². The van der Waals surface area contributed by atoms with E-state index < -0.39 is 0 Å². The maximum Gasteiger partial charge on any atom is 0.0208 e. The lowest BCUT2D eigenvalue weighted by Crippen LogP contribution is -2.45. The van der Waals surface area contributed by atoms with Crippen LogP contribution in [-0.4, -0.2) is 30.6 Å². The highest BCUT2D eigenvalue weighted by Crippen LogP contribution is 2.12. The standard InChI is InChI=1S/C14H21BrN2/c1-2-17-9-3-4-14(11-17)16-10-12-5-7-13(15)8-6-12/h5-8,14,16H,2-4,9-11H2,1H3. The van der Waals surface area contributed by atoms with Crippen LogP contribution in [0.1, 0.15) is 25.3 Å². The summed E-state index contributed by atoms with van der Waals surface area (Å²) in [6.45, 7) is 6.88. The normalized spacial score (nSPS) is 21.6. The molecule has 1 saturated heterocycles. The maximum atomic E-state index is 3.66. The fraction of sp³-hybridized carbons (Fsp3) is 0.571. The predicted molar refractivity (Wildman–Crippen MR) is 76.1 cm³/mol. The van der Waals surface area contributed by atoms with Gasteiger partial charge in [0.25, 0.3) is 0 Å². The third-order valence-electron chi connectivity index (χ3n) is 3.46. The van der Waals surface area contributed by atoms with Crippen molar-refractivity contribution in [2.45, 2.75) is 32.4 Å². The Morgan fingerprint density at radius 3 is 2.82 bits per heavy atom. The van der Waals surface area contributed by atoms with E-state index in [1.165, 1.54) is 38.0 Å². The molecule has 0 radical (unpaired) electrons. The number of rotatable bonds is 4.